The van der Waals surface area contributed by atoms with Gasteiger partial charge < -0.3 is 10.6 Å². The lowest BCUT2D eigenvalue weighted by molar-refractivity contribution is -0.133. The normalized spacial score (nSPS) is 19.7. The van der Waals surface area contributed by atoms with E-state index in [2.05, 4.69) is 10.6 Å². The maximum atomic E-state index is 11.4. The standard InChI is InChI=1S/C9H12N2O3S/c1-5(2)3-4-10-6(12)8-11-7(13)9(14)15-8/h3,8H,4H2,1-2H3,(H,10,12)(H,11,13). The highest BCUT2D eigenvalue weighted by Gasteiger charge is 2.35. The third kappa shape index (κ3) is 3.39. The summed E-state index contributed by atoms with van der Waals surface area (Å²) < 4.78 is 0. The molecule has 1 aliphatic rings. The van der Waals surface area contributed by atoms with Gasteiger partial charge in [0.1, 0.15) is 0 Å². The largest absolute Gasteiger partial charge is 0.350 e. The van der Waals surface area contributed by atoms with Crippen LogP contribution in [0, 0.1) is 0 Å². The van der Waals surface area contributed by atoms with Crippen LogP contribution >= 0.6 is 11.8 Å². The summed E-state index contributed by atoms with van der Waals surface area (Å²) in [5.74, 6) is -1.06. The second-order valence-electron chi connectivity index (χ2n) is 3.29. The number of carbonyl (C=O) groups excluding carboxylic acids is 3. The molecule has 1 heterocycles. The van der Waals surface area contributed by atoms with E-state index in [4.69, 9.17) is 0 Å². The summed E-state index contributed by atoms with van der Waals surface area (Å²) in [7, 11) is 0. The molecule has 2 N–H and O–H groups in total. The van der Waals surface area contributed by atoms with Crippen LogP contribution in [0.1, 0.15) is 13.8 Å². The molecule has 5 nitrogen and oxygen atoms in total. The van der Waals surface area contributed by atoms with Gasteiger partial charge in [0.05, 0.1) is 0 Å². The van der Waals surface area contributed by atoms with Gasteiger partial charge in [0.2, 0.25) is 0 Å². The van der Waals surface area contributed by atoms with Crippen molar-refractivity contribution in [3.63, 3.8) is 0 Å². The zero-order chi connectivity index (χ0) is 11.4. The van der Waals surface area contributed by atoms with Crippen molar-refractivity contribution in [1.82, 2.24) is 10.6 Å². The highest BCUT2D eigenvalue weighted by molar-refractivity contribution is 8.17. The van der Waals surface area contributed by atoms with Crippen LogP contribution in [0.5, 0.6) is 0 Å². The lowest BCUT2D eigenvalue weighted by Crippen LogP contribution is -2.40. The minimum Gasteiger partial charge on any atom is -0.350 e. The minimum atomic E-state index is -0.782. The Kier molecular flexibility index (Phi) is 3.90. The van der Waals surface area contributed by atoms with Crippen molar-refractivity contribution in [1.29, 1.82) is 0 Å². The zero-order valence-electron chi connectivity index (χ0n) is 8.49. The monoisotopic (exact) mass is 228 g/mol. The number of rotatable bonds is 3. The Balaban J connectivity index is 2.39. The second kappa shape index (κ2) is 4.97. The van der Waals surface area contributed by atoms with Gasteiger partial charge in [0, 0.05) is 6.54 Å². The fourth-order valence-electron chi connectivity index (χ4n) is 0.936. The summed E-state index contributed by atoms with van der Waals surface area (Å²) in [5.41, 5.74) is 1.09. The van der Waals surface area contributed by atoms with Crippen molar-refractivity contribution >= 4 is 28.7 Å². The number of hydrogen-bond donors (Lipinski definition) is 2. The third-order valence-electron chi connectivity index (χ3n) is 1.70. The van der Waals surface area contributed by atoms with E-state index < -0.39 is 16.4 Å². The molecule has 1 unspecified atom stereocenters. The van der Waals surface area contributed by atoms with Crippen molar-refractivity contribution in [2.24, 2.45) is 0 Å². The maximum Gasteiger partial charge on any atom is 0.299 e. The van der Waals surface area contributed by atoms with Gasteiger partial charge in [0.25, 0.3) is 16.9 Å². The summed E-state index contributed by atoms with van der Waals surface area (Å²) in [6, 6.07) is 0. The minimum absolute atomic E-state index is 0.350. The van der Waals surface area contributed by atoms with Crippen molar-refractivity contribution in [3.8, 4) is 0 Å². The molecule has 2 amide bonds. The van der Waals surface area contributed by atoms with Crippen LogP contribution in [0.2, 0.25) is 0 Å². The van der Waals surface area contributed by atoms with Crippen LogP contribution in [-0.2, 0) is 14.4 Å². The van der Waals surface area contributed by atoms with Crippen LogP contribution in [-0.4, -0.2) is 28.8 Å². The molecule has 15 heavy (non-hydrogen) atoms. The average molecular weight is 228 g/mol. The topological polar surface area (TPSA) is 75.3 Å². The van der Waals surface area contributed by atoms with Gasteiger partial charge in [-0.1, -0.05) is 11.6 Å². The van der Waals surface area contributed by atoms with Crippen molar-refractivity contribution in [2.75, 3.05) is 6.54 Å². The SMILES string of the molecule is CC(C)=CCNC(=O)C1NC(=O)C(=O)S1. The van der Waals surface area contributed by atoms with E-state index in [-0.39, 0.29) is 5.91 Å². The summed E-state index contributed by atoms with van der Waals surface area (Å²) in [4.78, 5) is 33.0. The lowest BCUT2D eigenvalue weighted by Gasteiger charge is -2.07. The van der Waals surface area contributed by atoms with E-state index in [1.807, 2.05) is 19.9 Å². The summed E-state index contributed by atoms with van der Waals surface area (Å²) in [6.45, 7) is 4.24. The van der Waals surface area contributed by atoms with Crippen molar-refractivity contribution in [3.05, 3.63) is 11.6 Å². The van der Waals surface area contributed by atoms with Gasteiger partial charge in [-0.05, 0) is 25.6 Å². The highest BCUT2D eigenvalue weighted by Crippen LogP contribution is 2.16. The van der Waals surface area contributed by atoms with E-state index in [9.17, 15) is 14.4 Å². The van der Waals surface area contributed by atoms with Gasteiger partial charge in [0.15, 0.2) is 5.37 Å². The molecule has 1 atom stereocenters. The van der Waals surface area contributed by atoms with E-state index in [1.54, 1.807) is 0 Å². The molecule has 0 aromatic rings. The Morgan fingerprint density at radius 1 is 1.53 bits per heavy atom. The van der Waals surface area contributed by atoms with Crippen LogP contribution in [0.25, 0.3) is 0 Å². The molecule has 0 spiro atoms. The molecule has 0 bridgehead atoms. The molecule has 82 valence electrons. The highest BCUT2D eigenvalue weighted by atomic mass is 32.2. The van der Waals surface area contributed by atoms with Gasteiger partial charge >= 0.3 is 0 Å². The predicted molar refractivity (Wildman–Crippen MR) is 57.0 cm³/mol. The maximum absolute atomic E-state index is 11.4. The second-order valence-corrected chi connectivity index (χ2v) is 4.36. The number of nitrogens with one attached hydrogen (secondary N) is 2. The Morgan fingerprint density at radius 2 is 2.20 bits per heavy atom. The average Bonchev–Trinajstić information content (AvgIpc) is 2.46. The van der Waals surface area contributed by atoms with E-state index in [0.29, 0.717) is 18.3 Å². The van der Waals surface area contributed by atoms with Crippen molar-refractivity contribution < 1.29 is 14.4 Å². The summed E-state index contributed by atoms with van der Waals surface area (Å²) in [5, 5.41) is 3.48. The smallest absolute Gasteiger partial charge is 0.299 e. The third-order valence-corrected chi connectivity index (χ3v) is 2.66. The molecular formula is C9H12N2O3S. The van der Waals surface area contributed by atoms with Gasteiger partial charge in [-0.15, -0.1) is 0 Å². The molecule has 1 fully saturated rings. The first-order valence-corrected chi connectivity index (χ1v) is 5.31. The molecular weight excluding hydrogens is 216 g/mol. The zero-order valence-corrected chi connectivity index (χ0v) is 9.31. The number of hydrogen-bond acceptors (Lipinski definition) is 4. The fourth-order valence-corrected chi connectivity index (χ4v) is 1.67. The molecule has 1 aliphatic heterocycles. The molecule has 6 heteroatoms. The molecule has 1 rings (SSSR count). The van der Waals surface area contributed by atoms with E-state index in [0.717, 1.165) is 5.57 Å². The number of thioether (sulfide) groups is 1. The first-order chi connectivity index (χ1) is 7.00. The van der Waals surface area contributed by atoms with Crippen LogP contribution < -0.4 is 10.6 Å². The quantitative estimate of drug-likeness (QED) is 0.517. The van der Waals surface area contributed by atoms with E-state index in [1.165, 1.54) is 0 Å². The van der Waals surface area contributed by atoms with Gasteiger partial charge in [-0.3, -0.25) is 14.4 Å². The Labute approximate surface area is 91.7 Å². The Morgan fingerprint density at radius 3 is 2.67 bits per heavy atom. The number of amides is 2. The molecule has 1 saturated heterocycles. The molecule has 0 aliphatic carbocycles. The van der Waals surface area contributed by atoms with Crippen LogP contribution in [0.15, 0.2) is 11.6 Å². The first kappa shape index (κ1) is 11.8. The summed E-state index contributed by atoms with van der Waals surface area (Å²) >= 11 is 0.708. The Hall–Kier alpha value is -1.30. The molecule has 0 aromatic carbocycles. The predicted octanol–water partition coefficient (Wildman–Crippen LogP) is -0.216. The number of allylic oxidation sites excluding steroid dienone is 1. The summed E-state index contributed by atoms with van der Waals surface area (Å²) in [6.07, 6.45) is 1.85. The van der Waals surface area contributed by atoms with Crippen LogP contribution in [0.4, 0.5) is 0 Å². The molecule has 0 saturated carbocycles. The first-order valence-electron chi connectivity index (χ1n) is 4.43. The van der Waals surface area contributed by atoms with E-state index >= 15 is 0 Å². The number of carbonyl (C=O) groups is 3. The van der Waals surface area contributed by atoms with Gasteiger partial charge in [-0.2, -0.15) is 0 Å². The van der Waals surface area contributed by atoms with Crippen molar-refractivity contribution in [2.45, 2.75) is 19.2 Å². The van der Waals surface area contributed by atoms with Crippen LogP contribution in [0.3, 0.4) is 0 Å². The lowest BCUT2D eigenvalue weighted by atomic mass is 10.3. The fraction of sp³-hybridized carbons (Fsp3) is 0.444. The molecule has 0 radical (unpaired) electrons. The Bertz CT molecular complexity index is 318. The molecule has 0 aromatic heterocycles. The van der Waals surface area contributed by atoms with Gasteiger partial charge in [-0.25, -0.2) is 0 Å².